The van der Waals surface area contributed by atoms with Crippen molar-refractivity contribution in [3.63, 3.8) is 0 Å². The second-order valence-corrected chi connectivity index (χ2v) is 6.61. The van der Waals surface area contributed by atoms with Gasteiger partial charge in [-0.1, -0.05) is 48.0 Å². The van der Waals surface area contributed by atoms with Gasteiger partial charge in [-0.3, -0.25) is 4.79 Å². The SMILES string of the molecule is Cc1ccc(S(=O)(=O)NCC(=O)N/N=C\c2ccccc2)cc1. The highest BCUT2D eigenvalue weighted by Gasteiger charge is 2.14. The zero-order valence-electron chi connectivity index (χ0n) is 12.6. The first kappa shape index (κ1) is 16.9. The van der Waals surface area contributed by atoms with Crippen molar-refractivity contribution >= 4 is 22.1 Å². The van der Waals surface area contributed by atoms with Gasteiger partial charge >= 0.3 is 0 Å². The molecule has 0 aliphatic rings. The highest BCUT2D eigenvalue weighted by atomic mass is 32.2. The van der Waals surface area contributed by atoms with E-state index in [0.717, 1.165) is 11.1 Å². The van der Waals surface area contributed by atoms with Crippen LogP contribution in [0.2, 0.25) is 0 Å². The van der Waals surface area contributed by atoms with Gasteiger partial charge in [0.15, 0.2) is 0 Å². The zero-order chi connectivity index (χ0) is 16.7. The van der Waals surface area contributed by atoms with Crippen molar-refractivity contribution in [2.75, 3.05) is 6.54 Å². The average molecular weight is 331 g/mol. The van der Waals surface area contributed by atoms with Gasteiger partial charge in [0, 0.05) is 0 Å². The summed E-state index contributed by atoms with van der Waals surface area (Å²) in [6.45, 7) is 1.48. The van der Waals surface area contributed by atoms with Gasteiger partial charge in [-0.15, -0.1) is 0 Å². The zero-order valence-corrected chi connectivity index (χ0v) is 13.4. The van der Waals surface area contributed by atoms with Crippen LogP contribution in [0.4, 0.5) is 0 Å². The molecule has 2 aromatic carbocycles. The fourth-order valence-corrected chi connectivity index (χ4v) is 2.70. The average Bonchev–Trinajstić information content (AvgIpc) is 2.54. The first-order valence-electron chi connectivity index (χ1n) is 6.91. The number of amides is 1. The minimum Gasteiger partial charge on any atom is -0.272 e. The fourth-order valence-electron chi connectivity index (χ4n) is 1.72. The molecule has 0 saturated carbocycles. The molecule has 23 heavy (non-hydrogen) atoms. The molecule has 0 fully saturated rings. The maximum atomic E-state index is 12.0. The molecule has 120 valence electrons. The molecule has 0 aromatic heterocycles. The van der Waals surface area contributed by atoms with Gasteiger partial charge in [-0.2, -0.15) is 5.10 Å². The first-order chi connectivity index (χ1) is 11.0. The van der Waals surface area contributed by atoms with Crippen molar-refractivity contribution in [1.29, 1.82) is 0 Å². The molecule has 0 heterocycles. The Balaban J connectivity index is 1.86. The quantitative estimate of drug-likeness (QED) is 0.620. The smallest absolute Gasteiger partial charge is 0.255 e. The van der Waals surface area contributed by atoms with Gasteiger partial charge in [0.25, 0.3) is 5.91 Å². The summed E-state index contributed by atoms with van der Waals surface area (Å²) in [4.78, 5) is 11.7. The van der Waals surface area contributed by atoms with Crippen LogP contribution in [0.25, 0.3) is 0 Å². The Morgan fingerprint density at radius 2 is 1.74 bits per heavy atom. The molecule has 0 aliphatic carbocycles. The Morgan fingerprint density at radius 3 is 2.39 bits per heavy atom. The van der Waals surface area contributed by atoms with Gasteiger partial charge in [-0.25, -0.2) is 18.6 Å². The summed E-state index contributed by atoms with van der Waals surface area (Å²) < 4.78 is 26.3. The highest BCUT2D eigenvalue weighted by molar-refractivity contribution is 7.89. The van der Waals surface area contributed by atoms with Gasteiger partial charge < -0.3 is 0 Å². The van der Waals surface area contributed by atoms with Gasteiger partial charge in [0.1, 0.15) is 0 Å². The molecule has 0 radical (unpaired) electrons. The Labute approximate surface area is 135 Å². The van der Waals surface area contributed by atoms with Crippen LogP contribution in [0.1, 0.15) is 11.1 Å². The molecule has 2 rings (SSSR count). The van der Waals surface area contributed by atoms with E-state index in [1.54, 1.807) is 12.1 Å². The van der Waals surface area contributed by atoms with Gasteiger partial charge in [-0.05, 0) is 24.6 Å². The Bertz CT molecular complexity index is 785. The van der Waals surface area contributed by atoms with Crippen molar-refractivity contribution in [2.45, 2.75) is 11.8 Å². The van der Waals surface area contributed by atoms with E-state index in [9.17, 15) is 13.2 Å². The number of nitrogens with zero attached hydrogens (tertiary/aromatic N) is 1. The van der Waals surface area contributed by atoms with Crippen molar-refractivity contribution in [3.05, 3.63) is 65.7 Å². The highest BCUT2D eigenvalue weighted by Crippen LogP contribution is 2.09. The van der Waals surface area contributed by atoms with Crippen molar-refractivity contribution in [3.8, 4) is 0 Å². The Hall–Kier alpha value is -2.51. The van der Waals surface area contributed by atoms with E-state index < -0.39 is 15.9 Å². The summed E-state index contributed by atoms with van der Waals surface area (Å²) >= 11 is 0. The number of carbonyl (C=O) groups is 1. The van der Waals surface area contributed by atoms with Crippen LogP contribution in [-0.4, -0.2) is 27.1 Å². The summed E-state index contributed by atoms with van der Waals surface area (Å²) in [7, 11) is -3.71. The molecule has 7 heteroatoms. The van der Waals surface area contributed by atoms with Crippen molar-refractivity contribution in [1.82, 2.24) is 10.1 Å². The van der Waals surface area contributed by atoms with E-state index in [1.165, 1.54) is 18.3 Å². The predicted molar refractivity (Wildman–Crippen MR) is 88.5 cm³/mol. The topological polar surface area (TPSA) is 87.6 Å². The van der Waals surface area contributed by atoms with Gasteiger partial charge in [0.2, 0.25) is 10.0 Å². The molecule has 0 saturated heterocycles. The predicted octanol–water partition coefficient (Wildman–Crippen LogP) is 1.42. The number of hydrogen-bond donors (Lipinski definition) is 2. The van der Waals surface area contributed by atoms with Crippen molar-refractivity contribution in [2.24, 2.45) is 5.10 Å². The van der Waals surface area contributed by atoms with Crippen LogP contribution in [0.15, 0.2) is 64.6 Å². The lowest BCUT2D eigenvalue weighted by atomic mass is 10.2. The maximum absolute atomic E-state index is 12.0. The third-order valence-electron chi connectivity index (χ3n) is 2.96. The molecule has 2 aromatic rings. The molecule has 0 bridgehead atoms. The summed E-state index contributed by atoms with van der Waals surface area (Å²) in [5.41, 5.74) is 4.05. The lowest BCUT2D eigenvalue weighted by Crippen LogP contribution is -2.34. The Kier molecular flexibility index (Phi) is 5.61. The molecule has 0 spiro atoms. The lowest BCUT2D eigenvalue weighted by Gasteiger charge is -2.06. The maximum Gasteiger partial charge on any atom is 0.255 e. The summed E-state index contributed by atoms with van der Waals surface area (Å²) in [5, 5.41) is 3.77. The third-order valence-corrected chi connectivity index (χ3v) is 4.37. The number of carbonyl (C=O) groups excluding carboxylic acids is 1. The number of rotatable bonds is 6. The summed E-state index contributed by atoms with van der Waals surface area (Å²) in [6.07, 6.45) is 1.48. The summed E-state index contributed by atoms with van der Waals surface area (Å²) in [6, 6.07) is 15.6. The van der Waals surface area contributed by atoms with E-state index in [0.29, 0.717) is 0 Å². The Morgan fingerprint density at radius 1 is 1.09 bits per heavy atom. The number of hydrazone groups is 1. The largest absolute Gasteiger partial charge is 0.272 e. The van der Waals surface area contributed by atoms with Crippen LogP contribution < -0.4 is 10.1 Å². The van der Waals surface area contributed by atoms with Crippen LogP contribution in [-0.2, 0) is 14.8 Å². The number of benzene rings is 2. The molecular formula is C16H17N3O3S. The van der Waals surface area contributed by atoms with Gasteiger partial charge in [0.05, 0.1) is 17.7 Å². The normalized spacial score (nSPS) is 11.5. The van der Waals surface area contributed by atoms with Crippen molar-refractivity contribution < 1.29 is 13.2 Å². The second-order valence-electron chi connectivity index (χ2n) is 4.84. The first-order valence-corrected chi connectivity index (χ1v) is 8.39. The van der Waals surface area contributed by atoms with E-state index in [-0.39, 0.29) is 11.4 Å². The second kappa shape index (κ2) is 7.66. The monoisotopic (exact) mass is 331 g/mol. The molecule has 0 atom stereocenters. The molecule has 1 amide bonds. The lowest BCUT2D eigenvalue weighted by molar-refractivity contribution is -0.119. The molecule has 6 nitrogen and oxygen atoms in total. The molecule has 2 N–H and O–H groups in total. The van der Waals surface area contributed by atoms with E-state index >= 15 is 0 Å². The summed E-state index contributed by atoms with van der Waals surface area (Å²) in [5.74, 6) is -0.548. The van der Waals surface area contributed by atoms with E-state index in [1.807, 2.05) is 37.3 Å². The number of sulfonamides is 1. The molecular weight excluding hydrogens is 314 g/mol. The minimum atomic E-state index is -3.71. The third kappa shape index (κ3) is 5.32. The molecule has 0 unspecified atom stereocenters. The van der Waals surface area contributed by atoms with Crippen LogP contribution in [0, 0.1) is 6.92 Å². The fraction of sp³-hybridized carbons (Fsp3) is 0.125. The van der Waals surface area contributed by atoms with E-state index in [2.05, 4.69) is 15.2 Å². The van der Waals surface area contributed by atoms with Crippen LogP contribution >= 0.6 is 0 Å². The van der Waals surface area contributed by atoms with E-state index in [4.69, 9.17) is 0 Å². The standard InChI is InChI=1S/C16H17N3O3S/c1-13-7-9-15(10-8-13)23(21,22)18-12-16(20)19-17-11-14-5-3-2-4-6-14/h2-11,18H,12H2,1H3,(H,19,20)/b17-11-. The van der Waals surface area contributed by atoms with Crippen LogP contribution in [0.3, 0.4) is 0 Å². The molecule has 0 aliphatic heterocycles. The number of nitrogens with one attached hydrogen (secondary N) is 2. The van der Waals surface area contributed by atoms with Crippen LogP contribution in [0.5, 0.6) is 0 Å². The minimum absolute atomic E-state index is 0.115. The number of hydrogen-bond acceptors (Lipinski definition) is 4. The number of aryl methyl sites for hydroxylation is 1.